The van der Waals surface area contributed by atoms with E-state index in [4.69, 9.17) is 20.4 Å². The molecule has 110 valence electrons. The number of aromatic amines is 1. The van der Waals surface area contributed by atoms with Crippen LogP contribution >= 0.6 is 11.6 Å². The smallest absolute Gasteiger partial charge is 0.417 e. The van der Waals surface area contributed by atoms with Crippen molar-refractivity contribution >= 4 is 32.7 Å². The minimum absolute atomic E-state index is 0.0131. The molecule has 0 saturated heterocycles. The molecule has 0 fully saturated rings. The number of benzene rings is 1. The second kappa shape index (κ2) is 5.06. The fraction of sp³-hybridized carbons (Fsp3) is 0.0833. The Bertz CT molecular complexity index is 940. The lowest BCUT2D eigenvalue weighted by Crippen LogP contribution is -2.23. The van der Waals surface area contributed by atoms with Gasteiger partial charge in [0.2, 0.25) is 10.0 Å². The Balaban J connectivity index is 1.97. The van der Waals surface area contributed by atoms with Crippen LogP contribution in [0.1, 0.15) is 5.76 Å². The van der Waals surface area contributed by atoms with Crippen LogP contribution in [0.15, 0.2) is 49.1 Å². The van der Waals surface area contributed by atoms with Gasteiger partial charge in [0.15, 0.2) is 5.58 Å². The summed E-state index contributed by atoms with van der Waals surface area (Å²) in [5, 5.41) is -0.0218. The molecule has 9 heteroatoms. The van der Waals surface area contributed by atoms with Crippen LogP contribution in [0.5, 0.6) is 0 Å². The van der Waals surface area contributed by atoms with Crippen LogP contribution < -0.4 is 10.5 Å². The second-order valence-corrected chi connectivity index (χ2v) is 6.34. The minimum atomic E-state index is -3.87. The SMILES string of the molecule is O=c1[nH]c2cc(Cl)c(S(=O)(=O)NCc3ccco3)cc2o1. The third-order valence-electron chi connectivity index (χ3n) is 2.78. The van der Waals surface area contributed by atoms with E-state index in [-0.39, 0.29) is 22.0 Å². The third-order valence-corrected chi connectivity index (χ3v) is 4.65. The molecule has 21 heavy (non-hydrogen) atoms. The number of nitrogens with one attached hydrogen (secondary N) is 2. The summed E-state index contributed by atoms with van der Waals surface area (Å²) in [4.78, 5) is 13.3. The Morgan fingerprint density at radius 2 is 2.14 bits per heavy atom. The molecule has 2 aromatic heterocycles. The van der Waals surface area contributed by atoms with Crippen molar-refractivity contribution in [3.8, 4) is 0 Å². The number of hydrogen-bond donors (Lipinski definition) is 2. The van der Waals surface area contributed by atoms with Crippen molar-refractivity contribution < 1.29 is 17.3 Å². The highest BCUT2D eigenvalue weighted by Gasteiger charge is 2.20. The van der Waals surface area contributed by atoms with E-state index in [9.17, 15) is 13.2 Å². The van der Waals surface area contributed by atoms with Gasteiger partial charge in [-0.05, 0) is 18.2 Å². The summed E-state index contributed by atoms with van der Waals surface area (Å²) in [7, 11) is -3.87. The van der Waals surface area contributed by atoms with Crippen LogP contribution in [0.4, 0.5) is 0 Å². The molecule has 1 aromatic carbocycles. The van der Waals surface area contributed by atoms with E-state index < -0.39 is 15.8 Å². The highest BCUT2D eigenvalue weighted by Crippen LogP contribution is 2.26. The van der Waals surface area contributed by atoms with Crippen molar-refractivity contribution in [3.05, 3.63) is 51.9 Å². The van der Waals surface area contributed by atoms with Gasteiger partial charge in [-0.15, -0.1) is 0 Å². The van der Waals surface area contributed by atoms with Crippen LogP contribution in [0.3, 0.4) is 0 Å². The van der Waals surface area contributed by atoms with Gasteiger partial charge < -0.3 is 8.83 Å². The van der Waals surface area contributed by atoms with E-state index >= 15 is 0 Å². The van der Waals surface area contributed by atoms with Crippen LogP contribution in [-0.2, 0) is 16.6 Å². The molecule has 0 amide bonds. The van der Waals surface area contributed by atoms with Crippen LogP contribution in [0.2, 0.25) is 5.02 Å². The van der Waals surface area contributed by atoms with Gasteiger partial charge in [0, 0.05) is 6.07 Å². The summed E-state index contributed by atoms with van der Waals surface area (Å²) in [6.07, 6.45) is 1.44. The number of fused-ring (bicyclic) bond motifs is 1. The van der Waals surface area contributed by atoms with E-state index in [1.54, 1.807) is 12.1 Å². The highest BCUT2D eigenvalue weighted by atomic mass is 35.5. The van der Waals surface area contributed by atoms with E-state index in [1.807, 2.05) is 0 Å². The normalized spacial score (nSPS) is 12.0. The van der Waals surface area contributed by atoms with Crippen molar-refractivity contribution in [3.63, 3.8) is 0 Å². The van der Waals surface area contributed by atoms with Crippen LogP contribution in [0.25, 0.3) is 11.1 Å². The molecule has 0 unspecified atom stereocenters. The number of furan rings is 1. The zero-order valence-corrected chi connectivity index (χ0v) is 12.0. The summed E-state index contributed by atoms with van der Waals surface area (Å²) in [5.74, 6) is -0.219. The topological polar surface area (TPSA) is 105 Å². The van der Waals surface area contributed by atoms with Gasteiger partial charge in [-0.3, -0.25) is 4.98 Å². The number of aromatic nitrogens is 1. The van der Waals surface area contributed by atoms with E-state index in [1.165, 1.54) is 18.4 Å². The van der Waals surface area contributed by atoms with E-state index in [2.05, 4.69) is 9.71 Å². The van der Waals surface area contributed by atoms with Crippen molar-refractivity contribution in [2.75, 3.05) is 0 Å². The molecule has 2 heterocycles. The van der Waals surface area contributed by atoms with Crippen LogP contribution in [0, 0.1) is 0 Å². The average Bonchev–Trinajstić information content (AvgIpc) is 3.03. The Morgan fingerprint density at radius 3 is 2.86 bits per heavy atom. The first kappa shape index (κ1) is 13.9. The first-order chi connectivity index (χ1) is 9.95. The molecule has 0 aliphatic carbocycles. The standard InChI is InChI=1S/C12H9ClN2O5S/c13-8-4-9-10(20-12(16)15-9)5-11(8)21(17,18)14-6-7-2-1-3-19-7/h1-5,14H,6H2,(H,15,16). The number of hydrogen-bond acceptors (Lipinski definition) is 5. The molecule has 0 saturated carbocycles. The monoisotopic (exact) mass is 328 g/mol. The maximum atomic E-state index is 12.2. The Hall–Kier alpha value is -2.03. The highest BCUT2D eigenvalue weighted by molar-refractivity contribution is 7.89. The summed E-state index contributed by atoms with van der Waals surface area (Å²) >= 11 is 5.95. The quantitative estimate of drug-likeness (QED) is 0.760. The fourth-order valence-corrected chi connectivity index (χ4v) is 3.35. The fourth-order valence-electron chi connectivity index (χ4n) is 1.82. The molecule has 7 nitrogen and oxygen atoms in total. The molecule has 0 bridgehead atoms. The van der Waals surface area contributed by atoms with Gasteiger partial charge in [0.05, 0.1) is 23.3 Å². The summed E-state index contributed by atoms with van der Waals surface area (Å²) in [5.41, 5.74) is 0.442. The predicted octanol–water partition coefficient (Wildman–Crippen LogP) is 1.85. The van der Waals surface area contributed by atoms with Crippen molar-refractivity contribution in [2.45, 2.75) is 11.4 Å². The van der Waals surface area contributed by atoms with Gasteiger partial charge in [-0.1, -0.05) is 11.6 Å². The summed E-state index contributed by atoms with van der Waals surface area (Å²) in [6, 6.07) is 5.80. The zero-order valence-electron chi connectivity index (χ0n) is 10.4. The lowest BCUT2D eigenvalue weighted by molar-refractivity contribution is 0.498. The van der Waals surface area contributed by atoms with Gasteiger partial charge >= 0.3 is 5.76 Å². The molecule has 0 aliphatic heterocycles. The van der Waals surface area contributed by atoms with E-state index in [0.717, 1.165) is 0 Å². The van der Waals surface area contributed by atoms with Crippen molar-refractivity contribution in [1.82, 2.24) is 9.71 Å². The number of halogens is 1. The van der Waals surface area contributed by atoms with Gasteiger partial charge in [0.25, 0.3) is 0 Å². The van der Waals surface area contributed by atoms with Gasteiger partial charge in [-0.25, -0.2) is 17.9 Å². The van der Waals surface area contributed by atoms with Crippen molar-refractivity contribution in [2.24, 2.45) is 0 Å². The Labute approximate surface area is 123 Å². The molecular formula is C12H9ClN2O5S. The lowest BCUT2D eigenvalue weighted by atomic mass is 10.3. The summed E-state index contributed by atoms with van der Waals surface area (Å²) in [6.45, 7) is -0.0131. The third kappa shape index (κ3) is 2.73. The van der Waals surface area contributed by atoms with Gasteiger partial charge in [-0.2, -0.15) is 0 Å². The molecular weight excluding hydrogens is 320 g/mol. The largest absolute Gasteiger partial charge is 0.468 e. The molecule has 0 radical (unpaired) electrons. The van der Waals surface area contributed by atoms with E-state index in [0.29, 0.717) is 11.3 Å². The minimum Gasteiger partial charge on any atom is -0.468 e. The number of oxazole rings is 1. The number of H-pyrrole nitrogens is 1. The Morgan fingerprint density at radius 1 is 1.33 bits per heavy atom. The lowest BCUT2D eigenvalue weighted by Gasteiger charge is -2.07. The molecule has 3 aromatic rings. The molecule has 0 spiro atoms. The first-order valence-corrected chi connectivity index (χ1v) is 7.66. The molecule has 2 N–H and O–H groups in total. The van der Waals surface area contributed by atoms with Crippen molar-refractivity contribution in [1.29, 1.82) is 0 Å². The maximum absolute atomic E-state index is 12.2. The summed E-state index contributed by atoms with van der Waals surface area (Å²) < 4.78 is 36.7. The average molecular weight is 329 g/mol. The number of rotatable bonds is 4. The maximum Gasteiger partial charge on any atom is 0.417 e. The number of sulfonamides is 1. The first-order valence-electron chi connectivity index (χ1n) is 5.80. The zero-order chi connectivity index (χ0) is 15.0. The van der Waals surface area contributed by atoms with Gasteiger partial charge in [0.1, 0.15) is 10.7 Å². The molecule has 0 atom stereocenters. The predicted molar refractivity (Wildman–Crippen MR) is 74.6 cm³/mol. The Kier molecular flexibility index (Phi) is 3.36. The molecule has 0 aliphatic rings. The van der Waals surface area contributed by atoms with Crippen LogP contribution in [-0.4, -0.2) is 13.4 Å². The molecule has 3 rings (SSSR count). The second-order valence-electron chi connectivity index (χ2n) is 4.20.